The molecule has 44 valence electrons. The molecule has 0 aromatic heterocycles. The molecule has 8 heavy (non-hydrogen) atoms. The van der Waals surface area contributed by atoms with Crippen LogP contribution in [0.3, 0.4) is 0 Å². The van der Waals surface area contributed by atoms with Crippen molar-refractivity contribution in [1.29, 1.82) is 5.26 Å². The van der Waals surface area contributed by atoms with E-state index < -0.39 is 8.80 Å². The van der Waals surface area contributed by atoms with Gasteiger partial charge in [0.15, 0.2) is 8.80 Å². The summed E-state index contributed by atoms with van der Waals surface area (Å²) in [5.41, 5.74) is 2.44. The molecule has 0 aromatic carbocycles. The van der Waals surface area contributed by atoms with Crippen molar-refractivity contribution < 1.29 is 0 Å². The average Bonchev–Trinajstić information content (AvgIpc) is 1.90. The Balaban J connectivity index is 2.25. The predicted molar refractivity (Wildman–Crippen MR) is 36.2 cm³/mol. The van der Waals surface area contributed by atoms with Crippen LogP contribution in [0, 0.1) is 11.0 Å². The van der Waals surface area contributed by atoms with Crippen molar-refractivity contribution in [3.8, 4) is 5.69 Å². The highest BCUT2D eigenvalue weighted by molar-refractivity contribution is 6.66. The quantitative estimate of drug-likeness (QED) is 0.450. The number of hydrogen-bond acceptors (Lipinski definition) is 1. The van der Waals surface area contributed by atoms with Gasteiger partial charge in [0.1, 0.15) is 0 Å². The fraction of sp³-hybridized carbons (Fsp3) is 0.833. The topological polar surface area (TPSA) is 23.8 Å². The normalized spacial score (nSPS) is 22.4. The molecule has 1 heterocycles. The van der Waals surface area contributed by atoms with Crippen molar-refractivity contribution in [2.24, 2.45) is 0 Å². The van der Waals surface area contributed by atoms with Crippen molar-refractivity contribution in [3.05, 3.63) is 0 Å². The van der Waals surface area contributed by atoms with Crippen LogP contribution >= 0.6 is 0 Å². The maximum absolute atomic E-state index is 8.50. The molecule has 1 fully saturated rings. The van der Waals surface area contributed by atoms with Crippen LogP contribution in [0.1, 0.15) is 19.3 Å². The Morgan fingerprint density at radius 2 is 1.75 bits per heavy atom. The first-order valence-corrected chi connectivity index (χ1v) is 5.54. The van der Waals surface area contributed by atoms with E-state index in [1.165, 1.54) is 31.4 Å². The molecule has 0 bridgehead atoms. The lowest BCUT2D eigenvalue weighted by molar-refractivity contribution is 0.728. The SMILES string of the molecule is N#C[SiH]1CCCCC1. The zero-order valence-electron chi connectivity index (χ0n) is 5.06. The molecule has 1 saturated heterocycles. The third-order valence-corrected chi connectivity index (χ3v) is 4.36. The third-order valence-electron chi connectivity index (χ3n) is 1.79. The van der Waals surface area contributed by atoms with Gasteiger partial charge < -0.3 is 0 Å². The Hall–Kier alpha value is -0.293. The fourth-order valence-electron chi connectivity index (χ4n) is 1.23. The summed E-state index contributed by atoms with van der Waals surface area (Å²) in [5, 5.41) is 8.50. The van der Waals surface area contributed by atoms with Crippen molar-refractivity contribution in [2.75, 3.05) is 0 Å². The minimum atomic E-state index is -0.800. The zero-order valence-corrected chi connectivity index (χ0v) is 6.21. The van der Waals surface area contributed by atoms with Gasteiger partial charge in [0.2, 0.25) is 0 Å². The van der Waals surface area contributed by atoms with Gasteiger partial charge in [-0.3, -0.25) is 0 Å². The van der Waals surface area contributed by atoms with Crippen molar-refractivity contribution in [2.45, 2.75) is 31.4 Å². The molecule has 1 aliphatic rings. The third kappa shape index (κ3) is 1.34. The lowest BCUT2D eigenvalue weighted by Crippen LogP contribution is -2.12. The van der Waals surface area contributed by atoms with Crippen molar-refractivity contribution in [3.63, 3.8) is 0 Å². The summed E-state index contributed by atoms with van der Waals surface area (Å²) in [5.74, 6) is 0. The Morgan fingerprint density at radius 1 is 1.12 bits per heavy atom. The van der Waals surface area contributed by atoms with Gasteiger partial charge in [0.05, 0.1) is 0 Å². The Bertz CT molecular complexity index is 99.6. The van der Waals surface area contributed by atoms with Crippen molar-refractivity contribution >= 4 is 8.80 Å². The second kappa shape index (κ2) is 2.88. The molecule has 0 spiro atoms. The highest BCUT2D eigenvalue weighted by atomic mass is 28.3. The molecule has 0 amide bonds. The summed E-state index contributed by atoms with van der Waals surface area (Å²) < 4.78 is 0. The second-order valence-electron chi connectivity index (χ2n) is 2.46. The number of nitrogens with zero attached hydrogens (tertiary/aromatic N) is 1. The van der Waals surface area contributed by atoms with Crippen LogP contribution in [0.5, 0.6) is 0 Å². The molecule has 0 aromatic rings. The van der Waals surface area contributed by atoms with E-state index in [0.717, 1.165) is 0 Å². The van der Waals surface area contributed by atoms with Crippen molar-refractivity contribution in [1.82, 2.24) is 0 Å². The van der Waals surface area contributed by atoms with Crippen LogP contribution in [0.15, 0.2) is 0 Å². The first-order chi connectivity index (χ1) is 3.93. The standard InChI is InChI=1S/C6H11NSi/c7-6-8-4-2-1-3-5-8/h8H,1-5H2. The summed E-state index contributed by atoms with van der Waals surface area (Å²) in [6, 6.07) is 2.58. The molecule has 1 aliphatic heterocycles. The van der Waals surface area contributed by atoms with Gasteiger partial charge in [-0.2, -0.15) is 0 Å². The molecular formula is C6H11NSi. The van der Waals surface area contributed by atoms with E-state index in [0.29, 0.717) is 0 Å². The van der Waals surface area contributed by atoms with Crippen LogP contribution in [0.2, 0.25) is 12.1 Å². The van der Waals surface area contributed by atoms with Gasteiger partial charge >= 0.3 is 0 Å². The van der Waals surface area contributed by atoms with Crippen LogP contribution in [0.25, 0.3) is 0 Å². The summed E-state index contributed by atoms with van der Waals surface area (Å²) in [4.78, 5) is 0. The van der Waals surface area contributed by atoms with Crippen LogP contribution in [0.4, 0.5) is 0 Å². The highest BCUT2D eigenvalue weighted by Crippen LogP contribution is 2.17. The van der Waals surface area contributed by atoms with Gasteiger partial charge in [-0.25, -0.2) is 5.26 Å². The lowest BCUT2D eigenvalue weighted by atomic mass is 10.3. The summed E-state index contributed by atoms with van der Waals surface area (Å²) in [6.07, 6.45) is 4.06. The smallest absolute Gasteiger partial charge is 0.158 e. The van der Waals surface area contributed by atoms with E-state index in [4.69, 9.17) is 5.26 Å². The van der Waals surface area contributed by atoms with Gasteiger partial charge in [-0.1, -0.05) is 19.3 Å². The average molecular weight is 125 g/mol. The monoisotopic (exact) mass is 125 g/mol. The second-order valence-corrected chi connectivity index (χ2v) is 5.27. The molecule has 0 aliphatic carbocycles. The molecule has 0 radical (unpaired) electrons. The van der Waals surface area contributed by atoms with E-state index in [1.54, 1.807) is 0 Å². The minimum Gasteiger partial charge on any atom is -0.207 e. The van der Waals surface area contributed by atoms with Gasteiger partial charge in [0.25, 0.3) is 0 Å². The van der Waals surface area contributed by atoms with Crippen LogP contribution in [-0.2, 0) is 0 Å². The first kappa shape index (κ1) is 5.84. The molecule has 0 atom stereocenters. The zero-order chi connectivity index (χ0) is 5.82. The highest BCUT2D eigenvalue weighted by Gasteiger charge is 2.13. The van der Waals surface area contributed by atoms with E-state index in [9.17, 15) is 0 Å². The molecule has 1 rings (SSSR count). The Morgan fingerprint density at radius 3 is 2.12 bits per heavy atom. The number of rotatable bonds is 0. The molecule has 0 saturated carbocycles. The van der Waals surface area contributed by atoms with Crippen LogP contribution < -0.4 is 0 Å². The lowest BCUT2D eigenvalue weighted by Gasteiger charge is -2.11. The largest absolute Gasteiger partial charge is 0.207 e. The van der Waals surface area contributed by atoms with E-state index >= 15 is 0 Å². The predicted octanol–water partition coefficient (Wildman–Crippen LogP) is 1.46. The van der Waals surface area contributed by atoms with Crippen LogP contribution in [-0.4, -0.2) is 8.80 Å². The number of nitriles is 1. The van der Waals surface area contributed by atoms with Gasteiger partial charge in [-0.15, -0.1) is 0 Å². The Labute approximate surface area is 51.9 Å². The summed E-state index contributed by atoms with van der Waals surface area (Å²) >= 11 is 0. The maximum Gasteiger partial charge on any atom is 0.158 e. The summed E-state index contributed by atoms with van der Waals surface area (Å²) in [7, 11) is -0.800. The molecular weight excluding hydrogens is 114 g/mol. The van der Waals surface area contributed by atoms with E-state index in [2.05, 4.69) is 5.69 Å². The maximum atomic E-state index is 8.50. The van der Waals surface area contributed by atoms with Gasteiger partial charge in [0, 0.05) is 5.69 Å². The first-order valence-electron chi connectivity index (χ1n) is 3.33. The molecule has 2 heteroatoms. The van der Waals surface area contributed by atoms with E-state index in [1.807, 2.05) is 0 Å². The molecule has 0 N–H and O–H groups in total. The fourth-order valence-corrected chi connectivity index (χ4v) is 3.34. The minimum absolute atomic E-state index is 0.800. The van der Waals surface area contributed by atoms with Gasteiger partial charge in [-0.05, 0) is 12.1 Å². The number of hydrogen-bond donors (Lipinski definition) is 0. The summed E-state index contributed by atoms with van der Waals surface area (Å²) in [6.45, 7) is 0. The Kier molecular flexibility index (Phi) is 2.10. The van der Waals surface area contributed by atoms with E-state index in [-0.39, 0.29) is 0 Å². The molecule has 1 nitrogen and oxygen atoms in total. The molecule has 0 unspecified atom stereocenters.